The van der Waals surface area contributed by atoms with E-state index in [2.05, 4.69) is 92.7 Å². The molecular formula is C82H83B2Br3Cl5N11O14. The Hall–Kier alpha value is -8.31. The van der Waals surface area contributed by atoms with Crippen LogP contribution in [0.4, 0.5) is 32.3 Å². The van der Waals surface area contributed by atoms with E-state index in [-0.39, 0.29) is 23.4 Å². The Kier molecular flexibility index (Phi) is 35.3. The van der Waals surface area contributed by atoms with Crippen LogP contribution in [0.1, 0.15) is 91.3 Å². The van der Waals surface area contributed by atoms with Crippen molar-refractivity contribution in [1.29, 1.82) is 0 Å². The molecule has 4 aliphatic rings. The third-order valence-electron chi connectivity index (χ3n) is 17.1. The van der Waals surface area contributed by atoms with Gasteiger partial charge in [-0.25, -0.2) is 9.59 Å². The topological polar surface area (TPSA) is 347 Å². The second-order valence-electron chi connectivity index (χ2n) is 27.2. The molecule has 0 atom stereocenters. The van der Waals surface area contributed by atoms with Gasteiger partial charge in [-0.1, -0.05) is 70.7 Å². The molecule has 15 rings (SSSR count). The first-order valence-electron chi connectivity index (χ1n) is 36.1. The minimum absolute atomic E-state index is 0.106. The van der Waals surface area contributed by atoms with Crippen LogP contribution in [0.2, 0.25) is 20.1 Å². The van der Waals surface area contributed by atoms with Gasteiger partial charge in [0.25, 0.3) is 0 Å². The van der Waals surface area contributed by atoms with Gasteiger partial charge in [0.2, 0.25) is 18.9 Å². The van der Waals surface area contributed by atoms with Crippen molar-refractivity contribution in [3.05, 3.63) is 252 Å². The fourth-order valence-electron chi connectivity index (χ4n) is 10.9. The summed E-state index contributed by atoms with van der Waals surface area (Å²) in [6, 6.07) is 40.3. The van der Waals surface area contributed by atoms with Crippen molar-refractivity contribution in [3.8, 4) is 55.6 Å². The van der Waals surface area contributed by atoms with E-state index in [1.807, 2.05) is 119 Å². The number of halogens is 8. The molecule has 0 radical (unpaired) electrons. The lowest BCUT2D eigenvalue weighted by Crippen LogP contribution is -2.41. The van der Waals surface area contributed by atoms with Crippen LogP contribution in [0.3, 0.4) is 0 Å². The monoisotopic (exact) mass is 1880 g/mol. The van der Waals surface area contributed by atoms with Gasteiger partial charge in [-0.2, -0.15) is 0 Å². The Balaban J connectivity index is 0.000000164. The summed E-state index contributed by atoms with van der Waals surface area (Å²) in [7, 11) is -1.92. The molecule has 4 aromatic carbocycles. The van der Waals surface area contributed by atoms with Gasteiger partial charge in [-0.3, -0.25) is 40.2 Å². The van der Waals surface area contributed by atoms with Gasteiger partial charge in [0.1, 0.15) is 0 Å². The number of hydrogen-bond acceptors (Lipinski definition) is 24. The first-order chi connectivity index (χ1) is 55.8. The molecule has 9 N–H and O–H groups in total. The summed E-state index contributed by atoms with van der Waals surface area (Å²) >= 11 is 39.8. The quantitative estimate of drug-likeness (QED) is 0.0355. The minimum atomic E-state index is -1.49. The molecule has 0 aliphatic carbocycles. The molecular weight excluding hydrogens is 1800 g/mol. The first kappa shape index (κ1) is 92.6. The second kappa shape index (κ2) is 44.7. The summed E-state index contributed by atoms with van der Waals surface area (Å²) in [6.45, 7) is 18.5. The van der Waals surface area contributed by atoms with Gasteiger partial charge in [0.15, 0.2) is 0 Å². The van der Waals surface area contributed by atoms with Crippen LogP contribution in [0.25, 0.3) is 55.6 Å². The van der Waals surface area contributed by atoms with Gasteiger partial charge in [0, 0.05) is 171 Å². The van der Waals surface area contributed by atoms with Crippen molar-refractivity contribution in [2.75, 3.05) is 62.2 Å². The molecule has 11 heterocycles. The van der Waals surface area contributed by atoms with Crippen molar-refractivity contribution < 1.29 is 66.8 Å². The third-order valence-corrected chi connectivity index (χ3v) is 19.8. The second-order valence-corrected chi connectivity index (χ2v) is 31.9. The molecule has 35 heteroatoms. The highest BCUT2D eigenvalue weighted by Gasteiger charge is 2.52. The van der Waals surface area contributed by atoms with Crippen molar-refractivity contribution in [2.24, 2.45) is 0 Å². The lowest BCUT2D eigenvalue weighted by Gasteiger charge is -2.32. The SMILES string of the molecule is Brc1cncc(Br)c1.CC(C)OC(=O)Cl.CC(C)OC(=O)Nc1ccc(-c2cncc(-c3ccnc(C4OCCO4)c3)c2)c(Cl)c1.CC1(C)OB(c2ccc(N)cc2Cl)OC1(C)C.Nc1ccc(-c2cncc(-c3ccnc(C4OCCO4)c3)c2)c(Cl)c1.Nc1ccc(-c2cncc(Br)c2)c(Cl)c1.OB(O)c1ccnc(C2OCCO2)c1. The smallest absolute Gasteiger partial charge is 0.451 e. The Morgan fingerprint density at radius 2 is 0.829 bits per heavy atom. The highest BCUT2D eigenvalue weighted by molar-refractivity contribution is 9.11. The maximum absolute atomic E-state index is 11.8. The zero-order valence-corrected chi connectivity index (χ0v) is 73.1. The fraction of sp³-hybridized carbons (Fsp3) is 0.256. The van der Waals surface area contributed by atoms with Crippen LogP contribution in [-0.4, -0.2) is 134 Å². The number of nitrogens with two attached hydrogens (primary N) is 3. The number of nitrogens with zero attached hydrogens (tertiary/aromatic N) is 7. The molecule has 4 saturated heterocycles. The van der Waals surface area contributed by atoms with Crippen LogP contribution >= 0.6 is 106 Å². The average Bonchev–Trinajstić information content (AvgIpc) is 1.66. The number of rotatable bonds is 13. The van der Waals surface area contributed by atoms with Gasteiger partial charge in [-0.15, -0.1) is 0 Å². The van der Waals surface area contributed by atoms with E-state index in [1.54, 1.807) is 126 Å². The van der Waals surface area contributed by atoms with Crippen LogP contribution in [0.5, 0.6) is 0 Å². The molecule has 4 aliphatic heterocycles. The van der Waals surface area contributed by atoms with E-state index in [0.29, 0.717) is 93.6 Å². The summed E-state index contributed by atoms with van der Waals surface area (Å²) in [5, 5.41) is 22.8. The van der Waals surface area contributed by atoms with E-state index < -0.39 is 44.6 Å². The molecule has 11 aromatic rings. The lowest BCUT2D eigenvalue weighted by molar-refractivity contribution is -0.0474. The molecule has 0 unspecified atom stereocenters. The van der Waals surface area contributed by atoms with Crippen molar-refractivity contribution >= 4 is 165 Å². The van der Waals surface area contributed by atoms with E-state index in [0.717, 1.165) is 85.9 Å². The maximum atomic E-state index is 11.8. The molecule has 25 nitrogen and oxygen atoms in total. The predicted octanol–water partition coefficient (Wildman–Crippen LogP) is 18.7. The van der Waals surface area contributed by atoms with E-state index in [9.17, 15) is 9.59 Å². The molecule has 0 spiro atoms. The number of anilines is 4. The Morgan fingerprint density at radius 3 is 1.21 bits per heavy atom. The zero-order chi connectivity index (χ0) is 84.5. The highest BCUT2D eigenvalue weighted by Crippen LogP contribution is 2.39. The molecule has 1 amide bonds. The number of nitrogens with one attached hydrogen (secondary N) is 1. The Labute approximate surface area is 728 Å². The van der Waals surface area contributed by atoms with Gasteiger partial charge >= 0.3 is 25.8 Å². The summed E-state index contributed by atoms with van der Waals surface area (Å²) in [6.07, 6.45) is 16.9. The number of hydrogen-bond donors (Lipinski definition) is 6. The first-order valence-corrected chi connectivity index (χ1v) is 40.4. The molecule has 7 aromatic heterocycles. The molecule has 0 saturated carbocycles. The fourth-order valence-corrected chi connectivity index (χ4v) is 13.6. The molecule has 612 valence electrons. The number of pyridine rings is 7. The number of amides is 1. The largest absolute Gasteiger partial charge is 0.496 e. The summed E-state index contributed by atoms with van der Waals surface area (Å²) < 4.78 is 56.8. The van der Waals surface area contributed by atoms with E-state index in [4.69, 9.17) is 128 Å². The number of benzene rings is 4. The van der Waals surface area contributed by atoms with Gasteiger partial charge < -0.3 is 74.5 Å². The summed E-state index contributed by atoms with van der Waals surface area (Å²) in [5.74, 6) is 0. The normalized spacial score (nSPS) is 14.6. The zero-order valence-electron chi connectivity index (χ0n) is 64.5. The van der Waals surface area contributed by atoms with Gasteiger partial charge in [0.05, 0.1) is 95.2 Å². The standard InChI is InChI=1S/C23H22ClN3O4.C19H16ClN3O2.C12H17BClNO2.C11H8BrClN2.C8H10BNO4.C5H3Br2N.C4H7ClO2/c1-14(2)31-23(28)27-18-3-4-19(20(24)11-18)17-9-16(12-25-13-17)15-5-6-26-21(10-15)22-29-7-8-30-22;20-17-9-15(21)1-2-16(17)14-7-13(10-22-11-14)12-3-4-23-18(8-12)19-24-5-6-25-19;1-11(2)12(3,4)17-13(16-11)9-6-5-8(15)7-10(9)14;12-8-3-7(5-15-6-8)10-2-1-9(14)4-11(10)13;11-9(12)6-1-2-10-7(5-6)8-13-3-4-14-8;6-4-1-5(7)3-8-2-4;1-3(2)7-4(5)6/h3-6,9-14,22H,7-8H2,1-2H3,(H,27,28);1-4,7-11,19H,5-6,21H2;5-7H,15H2,1-4H3;1-6H,14H2;1-2,5,8,11-12H,3-4H2;1-3H;3H,1-2H3. The van der Waals surface area contributed by atoms with Crippen LogP contribution in [-0.2, 0) is 47.2 Å². The molecule has 0 bridgehead atoms. The number of ether oxygens (including phenoxy) is 8. The van der Waals surface area contributed by atoms with E-state index in [1.165, 1.54) is 12.3 Å². The Bertz CT molecular complexity index is 5110. The van der Waals surface area contributed by atoms with Crippen LogP contribution in [0.15, 0.2) is 215 Å². The van der Waals surface area contributed by atoms with Gasteiger partial charge in [-0.05, 0) is 229 Å². The number of nitrogen functional groups attached to an aromatic ring is 3. The van der Waals surface area contributed by atoms with Crippen molar-refractivity contribution in [2.45, 2.75) is 97.7 Å². The number of carbonyl (C=O) groups excluding carboxylic acids is 2. The van der Waals surface area contributed by atoms with Crippen LogP contribution in [0, 0.1) is 0 Å². The molecule has 117 heavy (non-hydrogen) atoms. The van der Waals surface area contributed by atoms with Crippen molar-refractivity contribution in [1.82, 2.24) is 34.9 Å². The predicted molar refractivity (Wildman–Crippen MR) is 469 cm³/mol. The summed E-state index contributed by atoms with van der Waals surface area (Å²) in [5.41, 5.74) is 30.5. The lowest BCUT2D eigenvalue weighted by atomic mass is 9.79. The van der Waals surface area contributed by atoms with E-state index >= 15 is 0 Å². The average molecular weight is 1890 g/mol. The maximum Gasteiger partial charge on any atom is 0.496 e. The van der Waals surface area contributed by atoms with Crippen LogP contribution < -0.4 is 33.4 Å². The number of carbonyl (C=O) groups is 2. The molecule has 4 fully saturated rings. The number of aromatic nitrogens is 7. The third kappa shape index (κ3) is 28.4. The minimum Gasteiger partial charge on any atom is -0.451 e. The summed E-state index contributed by atoms with van der Waals surface area (Å²) in [4.78, 5) is 51.0. The Morgan fingerprint density at radius 1 is 0.462 bits per heavy atom. The van der Waals surface area contributed by atoms with Crippen molar-refractivity contribution in [3.63, 3.8) is 0 Å². The highest BCUT2D eigenvalue weighted by atomic mass is 79.9.